The lowest BCUT2D eigenvalue weighted by Gasteiger charge is -2.39. The molecule has 11 heteroatoms. The molecule has 46 heavy (non-hydrogen) atoms. The highest BCUT2D eigenvalue weighted by Gasteiger charge is 2.42. The Morgan fingerprint density at radius 3 is 2.24 bits per heavy atom. The highest BCUT2D eigenvalue weighted by molar-refractivity contribution is 5.87. The molecule has 0 saturated carbocycles. The third-order valence-electron chi connectivity index (χ3n) is 9.53. The van der Waals surface area contributed by atoms with Gasteiger partial charge in [-0.15, -0.1) is 0 Å². The summed E-state index contributed by atoms with van der Waals surface area (Å²) in [4.78, 5) is 56.4. The maximum Gasteiger partial charge on any atom is 0.242 e. The molecule has 6 unspecified atom stereocenters. The summed E-state index contributed by atoms with van der Waals surface area (Å²) >= 11 is 0. The summed E-state index contributed by atoms with van der Waals surface area (Å²) in [6, 6.07) is 8.96. The number of methoxy groups -OCH3 is 2. The van der Waals surface area contributed by atoms with Gasteiger partial charge in [0.25, 0.3) is 0 Å². The molecule has 1 aromatic rings. The molecule has 0 radical (unpaired) electrons. The summed E-state index contributed by atoms with van der Waals surface area (Å²) in [5.74, 6) is -1.04. The number of rotatable bonds is 19. The average Bonchev–Trinajstić information content (AvgIpc) is 3.53. The van der Waals surface area contributed by atoms with Crippen LogP contribution in [0.15, 0.2) is 30.3 Å². The number of carbonyl (C=O) groups is 4. The number of hydrogen-bond acceptors (Lipinski definition) is 7. The number of hydrogen-bond donors (Lipinski definition) is 3. The van der Waals surface area contributed by atoms with E-state index in [0.717, 1.165) is 31.2 Å². The van der Waals surface area contributed by atoms with Gasteiger partial charge in [-0.1, -0.05) is 71.4 Å². The summed E-state index contributed by atoms with van der Waals surface area (Å²) in [6.45, 7) is 10.8. The van der Waals surface area contributed by atoms with E-state index in [-0.39, 0.29) is 60.5 Å². The molecule has 4 amide bonds. The topological polar surface area (TPSA) is 129 Å². The van der Waals surface area contributed by atoms with Crippen molar-refractivity contribution in [2.45, 2.75) is 97.1 Å². The monoisotopic (exact) mass is 645 g/mol. The zero-order valence-corrected chi connectivity index (χ0v) is 29.5. The van der Waals surface area contributed by atoms with Gasteiger partial charge in [-0.3, -0.25) is 19.2 Å². The van der Waals surface area contributed by atoms with Gasteiger partial charge in [-0.05, 0) is 43.7 Å². The van der Waals surface area contributed by atoms with Crippen molar-refractivity contribution in [2.75, 3.05) is 47.9 Å². The number of likely N-dealkylation sites (N-methyl/N-ethyl adjacent to an activating group) is 2. The van der Waals surface area contributed by atoms with Crippen LogP contribution in [0.1, 0.15) is 65.9 Å². The Hall–Kier alpha value is -3.02. The molecule has 11 nitrogen and oxygen atoms in total. The number of nitrogens with zero attached hydrogens (tertiary/aromatic N) is 2. The molecular weight excluding hydrogens is 586 g/mol. The van der Waals surface area contributed by atoms with E-state index in [9.17, 15) is 19.2 Å². The van der Waals surface area contributed by atoms with Crippen LogP contribution in [0.5, 0.6) is 0 Å². The van der Waals surface area contributed by atoms with Gasteiger partial charge in [0, 0.05) is 34.4 Å². The van der Waals surface area contributed by atoms with Gasteiger partial charge < -0.3 is 35.2 Å². The van der Waals surface area contributed by atoms with E-state index in [2.05, 4.69) is 16.0 Å². The van der Waals surface area contributed by atoms with Gasteiger partial charge in [0.1, 0.15) is 0 Å². The normalized spacial score (nSPS) is 18.7. The predicted molar refractivity (Wildman–Crippen MR) is 180 cm³/mol. The fraction of sp³-hybridized carbons (Fsp3) is 0.714. The minimum Gasteiger partial charge on any atom is -0.379 e. The van der Waals surface area contributed by atoms with Crippen molar-refractivity contribution in [1.29, 1.82) is 0 Å². The second-order valence-corrected chi connectivity index (χ2v) is 12.9. The van der Waals surface area contributed by atoms with Crippen molar-refractivity contribution in [3.05, 3.63) is 35.9 Å². The van der Waals surface area contributed by atoms with Gasteiger partial charge in [0.15, 0.2) is 0 Å². The highest BCUT2D eigenvalue weighted by atomic mass is 16.5. The minimum atomic E-state index is -0.561. The number of likely N-dealkylation sites (tertiary alicyclic amines) is 1. The molecule has 1 heterocycles. The van der Waals surface area contributed by atoms with E-state index in [1.54, 1.807) is 33.2 Å². The molecule has 2 rings (SSSR count). The molecule has 7 atom stereocenters. The maximum atomic E-state index is 13.9. The zero-order valence-electron chi connectivity index (χ0n) is 29.5. The highest BCUT2D eigenvalue weighted by Crippen LogP contribution is 2.29. The van der Waals surface area contributed by atoms with Gasteiger partial charge in [-0.25, -0.2) is 0 Å². The van der Waals surface area contributed by atoms with Crippen molar-refractivity contribution in [3.63, 3.8) is 0 Å². The van der Waals surface area contributed by atoms with Crippen LogP contribution in [-0.4, -0.2) is 112 Å². The number of ether oxygens (including phenoxy) is 2. The Labute approximate surface area is 276 Å². The SMILES string of the molecule is CCC(C)C(C(CC(=O)N1CCCC1C(OC)[C@@H](C)C(=O)NCCc1ccccc1)OC)N(C)C(=O)CNC(=O)C(NC)C(C)C. The number of nitrogens with one attached hydrogen (secondary N) is 3. The summed E-state index contributed by atoms with van der Waals surface area (Å²) in [5, 5.41) is 8.79. The first kappa shape index (κ1) is 39.2. The van der Waals surface area contributed by atoms with Gasteiger partial charge in [-0.2, -0.15) is 0 Å². The Kier molecular flexibility index (Phi) is 16.7. The largest absolute Gasteiger partial charge is 0.379 e. The van der Waals surface area contributed by atoms with Crippen LogP contribution in [0, 0.1) is 17.8 Å². The minimum absolute atomic E-state index is 0.0313. The second-order valence-electron chi connectivity index (χ2n) is 12.9. The standard InChI is InChI=1S/C35H59N5O6/c1-10-24(4)32(39(7)30(42)22-38-35(44)31(36-6)23(2)3)28(45-8)21-29(41)40-20-14-17-27(40)33(46-9)25(5)34(43)37-19-18-26-15-12-11-13-16-26/h11-13,15-16,23-25,27-28,31-33,36H,10,14,17-22H2,1-9H3,(H,37,43)(H,38,44)/t24?,25-,27?,28?,31?,32?,33?/m1/s1. The lowest BCUT2D eigenvalue weighted by Crippen LogP contribution is -2.55. The third kappa shape index (κ3) is 10.8. The van der Waals surface area contributed by atoms with Crippen LogP contribution >= 0.6 is 0 Å². The lowest BCUT2D eigenvalue weighted by molar-refractivity contribution is -0.145. The van der Waals surface area contributed by atoms with Gasteiger partial charge in [0.05, 0.1) is 49.2 Å². The van der Waals surface area contributed by atoms with E-state index in [1.165, 1.54) is 0 Å². The summed E-state index contributed by atoms with van der Waals surface area (Å²) in [7, 11) is 6.59. The van der Waals surface area contributed by atoms with Crippen molar-refractivity contribution in [1.82, 2.24) is 25.8 Å². The first-order valence-corrected chi connectivity index (χ1v) is 16.8. The molecule has 1 saturated heterocycles. The smallest absolute Gasteiger partial charge is 0.242 e. The van der Waals surface area contributed by atoms with E-state index in [1.807, 2.05) is 69.9 Å². The molecule has 1 fully saturated rings. The van der Waals surface area contributed by atoms with Crippen molar-refractivity contribution < 1.29 is 28.7 Å². The Bertz CT molecular complexity index is 1100. The fourth-order valence-electron chi connectivity index (χ4n) is 6.63. The summed E-state index contributed by atoms with van der Waals surface area (Å²) in [5.41, 5.74) is 1.15. The van der Waals surface area contributed by atoms with Crippen LogP contribution in [0.2, 0.25) is 0 Å². The van der Waals surface area contributed by atoms with Crippen LogP contribution in [-0.2, 0) is 35.1 Å². The number of benzene rings is 1. The molecule has 260 valence electrons. The Morgan fingerprint density at radius 1 is 1.00 bits per heavy atom. The van der Waals surface area contributed by atoms with Crippen LogP contribution in [0.25, 0.3) is 0 Å². The molecule has 1 aromatic carbocycles. The van der Waals surface area contributed by atoms with Crippen LogP contribution < -0.4 is 16.0 Å². The second kappa shape index (κ2) is 19.6. The Balaban J connectivity index is 2.09. The van der Waals surface area contributed by atoms with Crippen LogP contribution in [0.3, 0.4) is 0 Å². The quantitative estimate of drug-likeness (QED) is 0.211. The maximum absolute atomic E-state index is 13.9. The van der Waals surface area contributed by atoms with E-state index in [4.69, 9.17) is 9.47 Å². The molecule has 0 aromatic heterocycles. The van der Waals surface area contributed by atoms with Gasteiger partial charge >= 0.3 is 0 Å². The van der Waals surface area contributed by atoms with Crippen molar-refractivity contribution >= 4 is 23.6 Å². The van der Waals surface area contributed by atoms with Crippen molar-refractivity contribution in [3.8, 4) is 0 Å². The summed E-state index contributed by atoms with van der Waals surface area (Å²) < 4.78 is 11.8. The summed E-state index contributed by atoms with van der Waals surface area (Å²) in [6.07, 6.45) is 2.11. The van der Waals surface area contributed by atoms with Crippen molar-refractivity contribution in [2.24, 2.45) is 17.8 Å². The third-order valence-corrected chi connectivity index (χ3v) is 9.53. The average molecular weight is 646 g/mol. The van der Waals surface area contributed by atoms with E-state index in [0.29, 0.717) is 13.1 Å². The first-order chi connectivity index (χ1) is 21.9. The molecule has 1 aliphatic heterocycles. The molecule has 0 aliphatic carbocycles. The van der Waals surface area contributed by atoms with E-state index >= 15 is 0 Å². The Morgan fingerprint density at radius 2 is 1.67 bits per heavy atom. The molecule has 1 aliphatic rings. The van der Waals surface area contributed by atoms with Gasteiger partial charge in [0.2, 0.25) is 23.6 Å². The molecule has 0 bridgehead atoms. The molecule has 0 spiro atoms. The predicted octanol–water partition coefficient (Wildman–Crippen LogP) is 2.63. The first-order valence-electron chi connectivity index (χ1n) is 16.8. The molecular formula is C35H59N5O6. The lowest BCUT2D eigenvalue weighted by atomic mass is 9.90. The van der Waals surface area contributed by atoms with E-state index < -0.39 is 24.2 Å². The fourth-order valence-corrected chi connectivity index (χ4v) is 6.63. The number of amides is 4. The molecule has 3 N–H and O–H groups in total. The zero-order chi connectivity index (χ0) is 34.4. The number of carbonyl (C=O) groups excluding carboxylic acids is 4. The van der Waals surface area contributed by atoms with Crippen LogP contribution in [0.4, 0.5) is 0 Å².